The summed E-state index contributed by atoms with van der Waals surface area (Å²) in [5.74, 6) is 2.13. The zero-order valence-corrected chi connectivity index (χ0v) is 15.0. The Morgan fingerprint density at radius 1 is 0.800 bits per heavy atom. The number of urea groups is 1. The van der Waals surface area contributed by atoms with Gasteiger partial charge in [-0.15, -0.1) is 0 Å². The molecule has 6 nitrogen and oxygen atoms in total. The second-order valence-corrected chi connectivity index (χ2v) is 5.53. The topological polar surface area (TPSA) is 68.8 Å². The van der Waals surface area contributed by atoms with Crippen LogP contribution in [0.1, 0.15) is 16.7 Å². The third kappa shape index (κ3) is 5.04. The van der Waals surface area contributed by atoms with Gasteiger partial charge in [-0.1, -0.05) is 18.2 Å². The normalized spacial score (nSPS) is 10.1. The van der Waals surface area contributed by atoms with Crippen molar-refractivity contribution in [2.45, 2.75) is 20.0 Å². The first-order valence-electron chi connectivity index (χ1n) is 7.93. The second-order valence-electron chi connectivity index (χ2n) is 5.53. The monoisotopic (exact) mass is 344 g/mol. The average Bonchev–Trinajstić information content (AvgIpc) is 2.64. The number of carbonyl (C=O) groups excluding carboxylic acids is 1. The van der Waals surface area contributed by atoms with Gasteiger partial charge in [0.05, 0.1) is 21.3 Å². The van der Waals surface area contributed by atoms with E-state index in [-0.39, 0.29) is 6.03 Å². The van der Waals surface area contributed by atoms with Crippen molar-refractivity contribution < 1.29 is 19.0 Å². The highest BCUT2D eigenvalue weighted by atomic mass is 16.5. The van der Waals surface area contributed by atoms with Crippen molar-refractivity contribution in [3.8, 4) is 17.2 Å². The summed E-state index contributed by atoms with van der Waals surface area (Å²) in [4.78, 5) is 12.0. The van der Waals surface area contributed by atoms with Crippen molar-refractivity contribution in [3.63, 3.8) is 0 Å². The predicted octanol–water partition coefficient (Wildman–Crippen LogP) is 3.02. The van der Waals surface area contributed by atoms with E-state index >= 15 is 0 Å². The Bertz CT molecular complexity index is 731. The fraction of sp³-hybridized carbons (Fsp3) is 0.316. The lowest BCUT2D eigenvalue weighted by molar-refractivity contribution is 0.240. The van der Waals surface area contributed by atoms with Crippen molar-refractivity contribution in [3.05, 3.63) is 53.1 Å². The highest BCUT2D eigenvalue weighted by Gasteiger charge is 2.06. The lowest BCUT2D eigenvalue weighted by atomic mass is 10.1. The van der Waals surface area contributed by atoms with Crippen molar-refractivity contribution in [1.82, 2.24) is 10.6 Å². The van der Waals surface area contributed by atoms with E-state index in [4.69, 9.17) is 14.2 Å². The maximum absolute atomic E-state index is 12.0. The van der Waals surface area contributed by atoms with Crippen LogP contribution in [0.4, 0.5) is 4.79 Å². The molecule has 0 aliphatic carbocycles. The van der Waals surface area contributed by atoms with Crippen LogP contribution in [-0.4, -0.2) is 27.4 Å². The number of amides is 2. The number of aryl methyl sites for hydroxylation is 1. The molecule has 2 amide bonds. The maximum atomic E-state index is 12.0. The Balaban J connectivity index is 1.85. The first-order chi connectivity index (χ1) is 12.1. The van der Waals surface area contributed by atoms with E-state index in [1.807, 2.05) is 43.3 Å². The molecule has 25 heavy (non-hydrogen) atoms. The van der Waals surface area contributed by atoms with E-state index < -0.39 is 0 Å². The molecule has 0 saturated heterocycles. The Morgan fingerprint density at radius 2 is 1.32 bits per heavy atom. The minimum absolute atomic E-state index is 0.233. The number of carbonyl (C=O) groups is 1. The first kappa shape index (κ1) is 18.4. The van der Waals surface area contributed by atoms with Crippen LogP contribution >= 0.6 is 0 Å². The minimum atomic E-state index is -0.233. The molecule has 0 unspecified atom stereocenters. The molecule has 2 aromatic carbocycles. The number of benzene rings is 2. The Hall–Kier alpha value is -2.89. The Morgan fingerprint density at radius 3 is 1.84 bits per heavy atom. The summed E-state index contributed by atoms with van der Waals surface area (Å²) >= 11 is 0. The average molecular weight is 344 g/mol. The van der Waals surface area contributed by atoms with Crippen LogP contribution in [0, 0.1) is 6.92 Å². The molecule has 0 heterocycles. The van der Waals surface area contributed by atoms with Gasteiger partial charge in [0.1, 0.15) is 5.75 Å². The quantitative estimate of drug-likeness (QED) is 0.810. The minimum Gasteiger partial charge on any atom is -0.496 e. The molecule has 0 saturated carbocycles. The van der Waals surface area contributed by atoms with Crippen LogP contribution in [0.2, 0.25) is 0 Å². The summed E-state index contributed by atoms with van der Waals surface area (Å²) in [7, 11) is 4.81. The lowest BCUT2D eigenvalue weighted by Gasteiger charge is -2.11. The third-order valence-electron chi connectivity index (χ3n) is 3.81. The highest BCUT2D eigenvalue weighted by Crippen LogP contribution is 2.27. The van der Waals surface area contributed by atoms with E-state index in [9.17, 15) is 4.79 Å². The van der Waals surface area contributed by atoms with Gasteiger partial charge in [0, 0.05) is 13.1 Å². The zero-order valence-electron chi connectivity index (χ0n) is 15.0. The Labute approximate surface area is 148 Å². The Kier molecular flexibility index (Phi) is 6.51. The third-order valence-corrected chi connectivity index (χ3v) is 3.81. The van der Waals surface area contributed by atoms with Crippen LogP contribution < -0.4 is 24.8 Å². The second kappa shape index (κ2) is 8.82. The van der Waals surface area contributed by atoms with Gasteiger partial charge in [0.15, 0.2) is 11.5 Å². The summed E-state index contributed by atoms with van der Waals surface area (Å²) in [5, 5.41) is 5.66. The van der Waals surface area contributed by atoms with Crippen LogP contribution in [-0.2, 0) is 13.1 Å². The van der Waals surface area contributed by atoms with E-state index in [0.717, 1.165) is 22.4 Å². The number of hydrogen-bond acceptors (Lipinski definition) is 4. The smallest absolute Gasteiger partial charge is 0.315 e. The number of ether oxygens (including phenoxy) is 3. The molecule has 0 spiro atoms. The van der Waals surface area contributed by atoms with Gasteiger partial charge in [0.25, 0.3) is 0 Å². The number of methoxy groups -OCH3 is 3. The van der Waals surface area contributed by atoms with Gasteiger partial charge in [-0.25, -0.2) is 4.79 Å². The summed E-state index contributed by atoms with van der Waals surface area (Å²) in [6.07, 6.45) is 0. The van der Waals surface area contributed by atoms with Crippen molar-refractivity contribution in [2.24, 2.45) is 0 Å². The lowest BCUT2D eigenvalue weighted by Crippen LogP contribution is -2.34. The van der Waals surface area contributed by atoms with Gasteiger partial charge in [-0.2, -0.15) is 0 Å². The van der Waals surface area contributed by atoms with Crippen molar-refractivity contribution >= 4 is 6.03 Å². The molecule has 0 aromatic heterocycles. The van der Waals surface area contributed by atoms with Gasteiger partial charge < -0.3 is 24.8 Å². The summed E-state index contributed by atoms with van der Waals surface area (Å²) in [6.45, 7) is 2.82. The molecule has 134 valence electrons. The van der Waals surface area contributed by atoms with Gasteiger partial charge in [0.2, 0.25) is 0 Å². The molecular formula is C19H24N2O4. The molecule has 2 rings (SSSR count). The largest absolute Gasteiger partial charge is 0.496 e. The molecule has 0 atom stereocenters. The molecule has 0 aliphatic heterocycles. The van der Waals surface area contributed by atoms with E-state index in [2.05, 4.69) is 10.6 Å². The van der Waals surface area contributed by atoms with Crippen molar-refractivity contribution in [1.29, 1.82) is 0 Å². The van der Waals surface area contributed by atoms with Gasteiger partial charge in [-0.05, 0) is 41.8 Å². The van der Waals surface area contributed by atoms with E-state index in [1.165, 1.54) is 0 Å². The first-order valence-corrected chi connectivity index (χ1v) is 7.93. The molecule has 6 heteroatoms. The van der Waals surface area contributed by atoms with Crippen LogP contribution in [0.3, 0.4) is 0 Å². The van der Waals surface area contributed by atoms with Crippen molar-refractivity contribution in [2.75, 3.05) is 21.3 Å². The van der Waals surface area contributed by atoms with Crippen LogP contribution in [0.15, 0.2) is 36.4 Å². The van der Waals surface area contributed by atoms with Crippen LogP contribution in [0.25, 0.3) is 0 Å². The molecule has 0 bridgehead atoms. The summed E-state index contributed by atoms with van der Waals surface area (Å²) in [5.41, 5.74) is 2.97. The van der Waals surface area contributed by atoms with Crippen LogP contribution in [0.5, 0.6) is 17.2 Å². The maximum Gasteiger partial charge on any atom is 0.315 e. The molecule has 0 aliphatic rings. The zero-order chi connectivity index (χ0) is 18.2. The number of hydrogen-bond donors (Lipinski definition) is 2. The number of nitrogens with one attached hydrogen (secondary N) is 2. The highest BCUT2D eigenvalue weighted by molar-refractivity contribution is 5.73. The fourth-order valence-electron chi connectivity index (χ4n) is 2.47. The number of rotatable bonds is 7. The van der Waals surface area contributed by atoms with Gasteiger partial charge in [-0.3, -0.25) is 0 Å². The predicted molar refractivity (Wildman–Crippen MR) is 96.4 cm³/mol. The SMILES string of the molecule is COc1ccc(CNC(=O)NCc2ccc(OC)c(OC)c2)cc1C. The molecule has 2 N–H and O–H groups in total. The fourth-order valence-corrected chi connectivity index (χ4v) is 2.47. The van der Waals surface area contributed by atoms with E-state index in [0.29, 0.717) is 24.6 Å². The molecule has 2 aromatic rings. The standard InChI is InChI=1S/C19H24N2O4/c1-13-9-14(5-7-16(13)23-2)11-20-19(22)21-12-15-6-8-17(24-3)18(10-15)25-4/h5-10H,11-12H2,1-4H3,(H2,20,21,22). The van der Waals surface area contributed by atoms with Gasteiger partial charge >= 0.3 is 6.03 Å². The molecule has 0 fully saturated rings. The van der Waals surface area contributed by atoms with E-state index in [1.54, 1.807) is 21.3 Å². The molecule has 0 radical (unpaired) electrons. The summed E-state index contributed by atoms with van der Waals surface area (Å²) < 4.78 is 15.7. The summed E-state index contributed by atoms with van der Waals surface area (Å²) in [6, 6.07) is 11.1. The molecular weight excluding hydrogens is 320 g/mol.